The number of carbonyl (C=O) groups excluding carboxylic acids is 1. The molecule has 1 aromatic carbocycles. The number of ether oxygens (including phenoxy) is 1. The lowest BCUT2D eigenvalue weighted by atomic mass is 10.1. The summed E-state index contributed by atoms with van der Waals surface area (Å²) in [6.07, 6.45) is 0. The molecular formula is C9H11NO3. The van der Waals surface area contributed by atoms with Crippen molar-refractivity contribution in [3.05, 3.63) is 23.8 Å². The van der Waals surface area contributed by atoms with Crippen LogP contribution in [0.3, 0.4) is 0 Å². The van der Waals surface area contributed by atoms with Gasteiger partial charge in [0, 0.05) is 5.56 Å². The number of hydrogen-bond acceptors (Lipinski definition) is 4. The van der Waals surface area contributed by atoms with Crippen molar-refractivity contribution in [3.63, 3.8) is 0 Å². The molecule has 0 fully saturated rings. The van der Waals surface area contributed by atoms with Crippen molar-refractivity contribution in [2.45, 2.75) is 0 Å². The van der Waals surface area contributed by atoms with Gasteiger partial charge in [0.25, 0.3) is 0 Å². The SMILES string of the molecule is COc1cc(C(=O)CN)ccc1O. The molecule has 13 heavy (non-hydrogen) atoms. The van der Waals surface area contributed by atoms with E-state index in [2.05, 4.69) is 0 Å². The van der Waals surface area contributed by atoms with Gasteiger partial charge in [0.15, 0.2) is 17.3 Å². The lowest BCUT2D eigenvalue weighted by molar-refractivity contribution is 0.100. The van der Waals surface area contributed by atoms with E-state index in [4.69, 9.17) is 10.5 Å². The fourth-order valence-electron chi connectivity index (χ4n) is 0.969. The van der Waals surface area contributed by atoms with Crippen molar-refractivity contribution in [2.75, 3.05) is 13.7 Å². The monoisotopic (exact) mass is 181 g/mol. The Morgan fingerprint density at radius 2 is 2.31 bits per heavy atom. The number of rotatable bonds is 3. The summed E-state index contributed by atoms with van der Waals surface area (Å²) < 4.78 is 4.84. The van der Waals surface area contributed by atoms with Crippen LogP contribution in [0.2, 0.25) is 0 Å². The molecule has 70 valence electrons. The highest BCUT2D eigenvalue weighted by Gasteiger charge is 2.07. The van der Waals surface area contributed by atoms with Crippen molar-refractivity contribution in [1.29, 1.82) is 0 Å². The van der Waals surface area contributed by atoms with Gasteiger partial charge in [-0.05, 0) is 18.2 Å². The normalized spacial score (nSPS) is 9.69. The second-order valence-electron chi connectivity index (χ2n) is 2.51. The van der Waals surface area contributed by atoms with E-state index in [-0.39, 0.29) is 23.8 Å². The molecule has 0 aromatic heterocycles. The number of aromatic hydroxyl groups is 1. The summed E-state index contributed by atoms with van der Waals surface area (Å²) >= 11 is 0. The topological polar surface area (TPSA) is 72.5 Å². The van der Waals surface area contributed by atoms with E-state index in [1.54, 1.807) is 0 Å². The first-order chi connectivity index (χ1) is 6.19. The van der Waals surface area contributed by atoms with Crippen LogP contribution in [0.25, 0.3) is 0 Å². The average Bonchev–Trinajstić information content (AvgIpc) is 2.17. The highest BCUT2D eigenvalue weighted by molar-refractivity contribution is 5.98. The number of ketones is 1. The van der Waals surface area contributed by atoms with Gasteiger partial charge in [-0.3, -0.25) is 4.79 Å². The van der Waals surface area contributed by atoms with Crippen LogP contribution in [0, 0.1) is 0 Å². The van der Waals surface area contributed by atoms with Crippen LogP contribution < -0.4 is 10.5 Å². The highest BCUT2D eigenvalue weighted by Crippen LogP contribution is 2.26. The van der Waals surface area contributed by atoms with E-state index >= 15 is 0 Å². The maximum absolute atomic E-state index is 11.1. The first-order valence-corrected chi connectivity index (χ1v) is 3.79. The molecule has 0 amide bonds. The van der Waals surface area contributed by atoms with Crippen molar-refractivity contribution >= 4 is 5.78 Å². The third kappa shape index (κ3) is 1.97. The quantitative estimate of drug-likeness (QED) is 0.667. The fourth-order valence-corrected chi connectivity index (χ4v) is 0.969. The molecular weight excluding hydrogens is 170 g/mol. The second-order valence-corrected chi connectivity index (χ2v) is 2.51. The summed E-state index contributed by atoms with van der Waals surface area (Å²) in [5.74, 6) is 0.105. The highest BCUT2D eigenvalue weighted by atomic mass is 16.5. The van der Waals surface area contributed by atoms with Crippen LogP contribution in [0.1, 0.15) is 10.4 Å². The van der Waals surface area contributed by atoms with E-state index < -0.39 is 0 Å². The lowest BCUT2D eigenvalue weighted by Crippen LogP contribution is -2.13. The molecule has 0 aliphatic carbocycles. The molecule has 0 unspecified atom stereocenters. The van der Waals surface area contributed by atoms with Crippen LogP contribution in [0.4, 0.5) is 0 Å². The van der Waals surface area contributed by atoms with Gasteiger partial charge in [0.1, 0.15) is 0 Å². The summed E-state index contributed by atoms with van der Waals surface area (Å²) in [6.45, 7) is -0.0477. The maximum atomic E-state index is 11.1. The van der Waals surface area contributed by atoms with E-state index in [1.807, 2.05) is 0 Å². The number of hydrogen-bond donors (Lipinski definition) is 2. The second kappa shape index (κ2) is 3.91. The zero-order valence-corrected chi connectivity index (χ0v) is 7.28. The third-order valence-corrected chi connectivity index (χ3v) is 1.69. The minimum absolute atomic E-state index is 0.0103. The minimum Gasteiger partial charge on any atom is -0.504 e. The predicted molar refractivity (Wildman–Crippen MR) is 48.0 cm³/mol. The standard InChI is InChI=1S/C9H11NO3/c1-13-9-4-6(8(12)5-10)2-3-7(9)11/h2-4,11H,5,10H2,1H3. The van der Waals surface area contributed by atoms with Gasteiger partial charge in [0.05, 0.1) is 13.7 Å². The van der Waals surface area contributed by atoms with Gasteiger partial charge in [-0.25, -0.2) is 0 Å². The molecule has 1 rings (SSSR count). The first kappa shape index (κ1) is 9.54. The molecule has 4 heteroatoms. The first-order valence-electron chi connectivity index (χ1n) is 3.79. The van der Waals surface area contributed by atoms with Crippen molar-refractivity contribution in [2.24, 2.45) is 5.73 Å². The smallest absolute Gasteiger partial charge is 0.176 e. The zero-order valence-electron chi connectivity index (χ0n) is 7.28. The van der Waals surface area contributed by atoms with Gasteiger partial charge >= 0.3 is 0 Å². The number of phenolic OH excluding ortho intramolecular Hbond substituents is 1. The number of Topliss-reactive ketones (excluding diaryl/α,β-unsaturated/α-hetero) is 1. The maximum Gasteiger partial charge on any atom is 0.176 e. The molecule has 0 radical (unpaired) electrons. The Bertz CT molecular complexity index is 323. The Morgan fingerprint density at radius 1 is 1.62 bits per heavy atom. The molecule has 0 aliphatic rings. The Hall–Kier alpha value is -1.55. The summed E-state index contributed by atoms with van der Waals surface area (Å²) in [5.41, 5.74) is 5.62. The molecule has 0 bridgehead atoms. The Kier molecular flexibility index (Phi) is 2.87. The predicted octanol–water partition coefficient (Wildman–Crippen LogP) is 0.542. The van der Waals surface area contributed by atoms with Crippen molar-refractivity contribution in [1.82, 2.24) is 0 Å². The van der Waals surface area contributed by atoms with E-state index in [9.17, 15) is 9.90 Å². The van der Waals surface area contributed by atoms with Crippen molar-refractivity contribution < 1.29 is 14.6 Å². The summed E-state index contributed by atoms with van der Waals surface area (Å²) in [5, 5.41) is 9.22. The molecule has 0 aliphatic heterocycles. The van der Waals surface area contributed by atoms with Gasteiger partial charge < -0.3 is 15.6 Å². The van der Waals surface area contributed by atoms with E-state index in [0.717, 1.165) is 0 Å². The van der Waals surface area contributed by atoms with Gasteiger partial charge in [-0.1, -0.05) is 0 Å². The Labute approximate surface area is 75.9 Å². The van der Waals surface area contributed by atoms with Crippen LogP contribution in [0.5, 0.6) is 11.5 Å². The average molecular weight is 181 g/mol. The summed E-state index contributed by atoms with van der Waals surface area (Å²) in [6, 6.07) is 4.37. The summed E-state index contributed by atoms with van der Waals surface area (Å²) in [7, 11) is 1.42. The van der Waals surface area contributed by atoms with Crippen LogP contribution >= 0.6 is 0 Å². The lowest BCUT2D eigenvalue weighted by Gasteiger charge is -2.04. The molecule has 3 N–H and O–H groups in total. The molecule has 0 heterocycles. The zero-order chi connectivity index (χ0) is 9.84. The molecule has 0 atom stereocenters. The Morgan fingerprint density at radius 3 is 2.85 bits per heavy atom. The number of carbonyl (C=O) groups is 1. The van der Waals surface area contributed by atoms with E-state index in [0.29, 0.717) is 5.56 Å². The van der Waals surface area contributed by atoms with Gasteiger partial charge in [-0.2, -0.15) is 0 Å². The minimum atomic E-state index is -0.182. The molecule has 0 spiro atoms. The summed E-state index contributed by atoms with van der Waals surface area (Å²) in [4.78, 5) is 11.1. The van der Waals surface area contributed by atoms with Crippen molar-refractivity contribution in [3.8, 4) is 11.5 Å². The molecule has 4 nitrogen and oxygen atoms in total. The third-order valence-electron chi connectivity index (χ3n) is 1.69. The molecule has 0 saturated heterocycles. The van der Waals surface area contributed by atoms with Gasteiger partial charge in [0.2, 0.25) is 0 Å². The molecule has 0 saturated carbocycles. The number of phenols is 1. The van der Waals surface area contributed by atoms with Crippen LogP contribution in [-0.2, 0) is 0 Å². The van der Waals surface area contributed by atoms with Crippen LogP contribution in [0.15, 0.2) is 18.2 Å². The van der Waals surface area contributed by atoms with E-state index in [1.165, 1.54) is 25.3 Å². The Balaban J connectivity index is 3.06. The number of nitrogens with two attached hydrogens (primary N) is 1. The number of methoxy groups -OCH3 is 1. The largest absolute Gasteiger partial charge is 0.504 e. The van der Waals surface area contributed by atoms with Crippen LogP contribution in [-0.4, -0.2) is 24.5 Å². The number of benzene rings is 1. The molecule has 1 aromatic rings. The fraction of sp³-hybridized carbons (Fsp3) is 0.222. The van der Waals surface area contributed by atoms with Gasteiger partial charge in [-0.15, -0.1) is 0 Å².